The van der Waals surface area contributed by atoms with Gasteiger partial charge in [-0.15, -0.1) is 0 Å². The fraction of sp³-hybridized carbons (Fsp3) is 0.378. The number of methoxy groups -OCH3 is 1. The van der Waals surface area contributed by atoms with Gasteiger partial charge >= 0.3 is 12.2 Å². The van der Waals surface area contributed by atoms with E-state index in [-0.39, 0.29) is 31.8 Å². The van der Waals surface area contributed by atoms with Crippen LogP contribution < -0.4 is 21.3 Å². The number of nitrogens with one attached hydrogen (secondary N) is 4. The standard InChI is InChI=1S/C45H56N4O8/c1-31(2)39(48-44(52)55-28-35-22-14-8-15-23-35)42(50)46-37(26-33-18-10-6-11-19-33)41(57-30-54-5)38(27-34-20-12-7-13-21-34)47-43(51)40(32(3)4)49-45(53)56-29-36-24-16-9-17-25-36/h6-25,31-32,37-41H,26-30H2,1-5H3,(H,46,50)(H,47,51)(H,48,52)(H,49,53)/t37?,38?,39-,40-,41?/m0/s1. The highest BCUT2D eigenvalue weighted by Crippen LogP contribution is 2.19. The second-order valence-electron chi connectivity index (χ2n) is 14.5. The Morgan fingerprint density at radius 3 is 1.14 bits per heavy atom. The fourth-order valence-electron chi connectivity index (χ4n) is 6.29. The van der Waals surface area contributed by atoms with Crippen molar-refractivity contribution >= 4 is 24.0 Å². The lowest BCUT2D eigenvalue weighted by Crippen LogP contribution is -2.62. The summed E-state index contributed by atoms with van der Waals surface area (Å²) in [5, 5.41) is 11.8. The van der Waals surface area contributed by atoms with E-state index in [1.54, 1.807) is 0 Å². The van der Waals surface area contributed by atoms with Crippen molar-refractivity contribution in [1.82, 2.24) is 21.3 Å². The highest BCUT2D eigenvalue weighted by Gasteiger charge is 2.37. The van der Waals surface area contributed by atoms with Crippen molar-refractivity contribution in [2.75, 3.05) is 13.9 Å². The molecule has 4 N–H and O–H groups in total. The molecule has 304 valence electrons. The molecule has 4 rings (SSSR count). The maximum absolute atomic E-state index is 14.2. The van der Waals surface area contributed by atoms with E-state index < -0.39 is 54.3 Å². The van der Waals surface area contributed by atoms with Gasteiger partial charge in [-0.1, -0.05) is 149 Å². The maximum atomic E-state index is 14.2. The number of alkyl carbamates (subject to hydrolysis) is 2. The zero-order valence-corrected chi connectivity index (χ0v) is 33.4. The number of amides is 4. The van der Waals surface area contributed by atoms with Crippen molar-refractivity contribution in [2.24, 2.45) is 11.8 Å². The molecule has 57 heavy (non-hydrogen) atoms. The zero-order chi connectivity index (χ0) is 41.0. The van der Waals surface area contributed by atoms with E-state index in [1.165, 1.54) is 7.11 Å². The second kappa shape index (κ2) is 23.4. The van der Waals surface area contributed by atoms with E-state index in [4.69, 9.17) is 18.9 Å². The first kappa shape index (κ1) is 44.0. The van der Waals surface area contributed by atoms with Crippen LogP contribution in [-0.4, -0.2) is 68.2 Å². The van der Waals surface area contributed by atoms with Crippen molar-refractivity contribution in [1.29, 1.82) is 0 Å². The van der Waals surface area contributed by atoms with Gasteiger partial charge in [0.25, 0.3) is 0 Å². The molecule has 4 amide bonds. The van der Waals surface area contributed by atoms with Crippen molar-refractivity contribution in [2.45, 2.75) is 84.0 Å². The second-order valence-corrected chi connectivity index (χ2v) is 14.5. The molecule has 4 atom stereocenters. The number of ether oxygens (including phenoxy) is 4. The third kappa shape index (κ3) is 15.0. The lowest BCUT2D eigenvalue weighted by Gasteiger charge is -2.37. The van der Waals surface area contributed by atoms with E-state index in [9.17, 15) is 19.2 Å². The number of hydrogen-bond acceptors (Lipinski definition) is 8. The Bertz CT molecular complexity index is 1670. The minimum atomic E-state index is -0.965. The average molecular weight is 781 g/mol. The minimum absolute atomic E-state index is 0.0422. The summed E-state index contributed by atoms with van der Waals surface area (Å²) < 4.78 is 22.7. The third-order valence-electron chi connectivity index (χ3n) is 9.29. The lowest BCUT2D eigenvalue weighted by molar-refractivity contribution is -0.132. The van der Waals surface area contributed by atoms with Crippen LogP contribution in [0.3, 0.4) is 0 Å². The van der Waals surface area contributed by atoms with Crippen LogP contribution in [0.4, 0.5) is 9.59 Å². The quantitative estimate of drug-likeness (QED) is 0.0716. The predicted octanol–water partition coefficient (Wildman–Crippen LogP) is 6.33. The molecule has 12 nitrogen and oxygen atoms in total. The number of carbonyl (C=O) groups excluding carboxylic acids is 4. The molecule has 12 heteroatoms. The smallest absolute Gasteiger partial charge is 0.408 e. The van der Waals surface area contributed by atoms with Crippen molar-refractivity contribution < 1.29 is 38.1 Å². The first-order valence-electron chi connectivity index (χ1n) is 19.3. The Morgan fingerprint density at radius 2 is 0.825 bits per heavy atom. The monoisotopic (exact) mass is 780 g/mol. The van der Waals surface area contributed by atoms with Gasteiger partial charge < -0.3 is 40.2 Å². The van der Waals surface area contributed by atoms with Crippen molar-refractivity contribution in [3.05, 3.63) is 144 Å². The van der Waals surface area contributed by atoms with E-state index in [0.717, 1.165) is 22.3 Å². The molecule has 0 aromatic heterocycles. The summed E-state index contributed by atoms with van der Waals surface area (Å²) in [5.74, 6) is -1.55. The number of carbonyl (C=O) groups is 4. The van der Waals surface area contributed by atoms with Crippen LogP contribution in [0.5, 0.6) is 0 Å². The third-order valence-corrected chi connectivity index (χ3v) is 9.29. The van der Waals surface area contributed by atoms with Crippen LogP contribution in [0.1, 0.15) is 49.9 Å². The lowest BCUT2D eigenvalue weighted by atomic mass is 9.90. The predicted molar refractivity (Wildman–Crippen MR) is 218 cm³/mol. The Hall–Kier alpha value is -5.72. The number of benzene rings is 4. The van der Waals surface area contributed by atoms with Gasteiger partial charge in [0.15, 0.2) is 0 Å². The van der Waals surface area contributed by atoms with Gasteiger partial charge in [0.2, 0.25) is 11.8 Å². The Kier molecular flexibility index (Phi) is 18.0. The Labute approximate surface area is 336 Å². The molecule has 0 aliphatic rings. The summed E-state index contributed by atoms with van der Waals surface area (Å²) in [5.41, 5.74) is 3.42. The molecule has 0 saturated carbocycles. The van der Waals surface area contributed by atoms with Gasteiger partial charge in [0, 0.05) is 7.11 Å². The van der Waals surface area contributed by atoms with Crippen LogP contribution in [0.15, 0.2) is 121 Å². The normalized spacial score (nSPS) is 13.7. The summed E-state index contributed by atoms with van der Waals surface area (Å²) in [4.78, 5) is 54.5. The molecule has 0 aliphatic heterocycles. The summed E-state index contributed by atoms with van der Waals surface area (Å²) >= 11 is 0. The molecule has 0 spiro atoms. The van der Waals surface area contributed by atoms with E-state index in [2.05, 4.69) is 21.3 Å². The summed E-state index contributed by atoms with van der Waals surface area (Å²) in [6.07, 6.45) is -1.72. The molecule has 0 radical (unpaired) electrons. The first-order chi connectivity index (χ1) is 27.5. The molecular weight excluding hydrogens is 725 g/mol. The SMILES string of the molecule is COCOC(C(Cc1ccccc1)NC(=O)[C@@H](NC(=O)OCc1ccccc1)C(C)C)C(Cc1ccccc1)NC(=O)[C@@H](NC(=O)OCc1ccccc1)C(C)C. The van der Waals surface area contributed by atoms with Gasteiger partial charge in [-0.3, -0.25) is 9.59 Å². The maximum Gasteiger partial charge on any atom is 0.408 e. The fourth-order valence-corrected chi connectivity index (χ4v) is 6.29. The highest BCUT2D eigenvalue weighted by atomic mass is 16.7. The molecule has 0 heterocycles. The minimum Gasteiger partial charge on any atom is -0.445 e. The first-order valence-corrected chi connectivity index (χ1v) is 19.3. The summed E-state index contributed by atoms with van der Waals surface area (Å²) in [6, 6.07) is 34.3. The van der Waals surface area contributed by atoms with Gasteiger partial charge in [0.1, 0.15) is 38.2 Å². The average Bonchev–Trinajstić information content (AvgIpc) is 3.21. The van der Waals surface area contributed by atoms with Crippen LogP contribution >= 0.6 is 0 Å². The molecule has 0 aliphatic carbocycles. The molecular formula is C45H56N4O8. The molecule has 0 saturated heterocycles. The molecule has 4 aromatic carbocycles. The highest BCUT2D eigenvalue weighted by molar-refractivity contribution is 5.87. The molecule has 0 fully saturated rings. The topological polar surface area (TPSA) is 153 Å². The van der Waals surface area contributed by atoms with E-state index in [0.29, 0.717) is 12.8 Å². The van der Waals surface area contributed by atoms with Crippen LogP contribution in [0.25, 0.3) is 0 Å². The van der Waals surface area contributed by atoms with Crippen LogP contribution in [0, 0.1) is 11.8 Å². The molecule has 2 unspecified atom stereocenters. The summed E-state index contributed by atoms with van der Waals surface area (Å²) in [7, 11) is 1.49. The van der Waals surface area contributed by atoms with Crippen LogP contribution in [-0.2, 0) is 54.6 Å². The van der Waals surface area contributed by atoms with E-state index in [1.807, 2.05) is 149 Å². The Morgan fingerprint density at radius 1 is 0.491 bits per heavy atom. The zero-order valence-electron chi connectivity index (χ0n) is 33.4. The van der Waals surface area contributed by atoms with E-state index >= 15 is 0 Å². The molecule has 0 bridgehead atoms. The Balaban J connectivity index is 1.62. The van der Waals surface area contributed by atoms with Crippen molar-refractivity contribution in [3.8, 4) is 0 Å². The largest absolute Gasteiger partial charge is 0.445 e. The number of rotatable bonds is 21. The van der Waals surface area contributed by atoms with Gasteiger partial charge in [-0.25, -0.2) is 9.59 Å². The van der Waals surface area contributed by atoms with Crippen LogP contribution in [0.2, 0.25) is 0 Å². The van der Waals surface area contributed by atoms with Gasteiger partial charge in [0.05, 0.1) is 12.1 Å². The van der Waals surface area contributed by atoms with Gasteiger partial charge in [-0.05, 0) is 46.9 Å². The summed E-state index contributed by atoms with van der Waals surface area (Å²) in [6.45, 7) is 7.25. The van der Waals surface area contributed by atoms with Gasteiger partial charge in [-0.2, -0.15) is 0 Å². The molecule has 4 aromatic rings. The van der Waals surface area contributed by atoms with Crippen molar-refractivity contribution in [3.63, 3.8) is 0 Å². The number of hydrogen-bond donors (Lipinski definition) is 4.